The summed E-state index contributed by atoms with van der Waals surface area (Å²) in [5.41, 5.74) is 6.65. The summed E-state index contributed by atoms with van der Waals surface area (Å²) in [6.07, 6.45) is 0. The first kappa shape index (κ1) is 12.7. The van der Waals surface area contributed by atoms with E-state index in [0.717, 1.165) is 10.0 Å². The molecule has 0 aliphatic carbocycles. The molecule has 0 saturated carbocycles. The van der Waals surface area contributed by atoms with Crippen molar-refractivity contribution in [3.8, 4) is 6.07 Å². The summed E-state index contributed by atoms with van der Waals surface area (Å²) < 4.78 is 0.840. The van der Waals surface area contributed by atoms with Gasteiger partial charge in [-0.05, 0) is 17.7 Å². The maximum absolute atomic E-state index is 8.72. The molecule has 0 saturated heterocycles. The van der Waals surface area contributed by atoms with Crippen LogP contribution in [-0.4, -0.2) is 0 Å². The Morgan fingerprint density at radius 2 is 2.15 bits per heavy atom. The molecule has 0 radical (unpaired) electrons. The molecule has 1 aromatic rings. The van der Waals surface area contributed by atoms with E-state index in [9.17, 15) is 0 Å². The van der Waals surface area contributed by atoms with Crippen LogP contribution < -0.4 is 5.73 Å². The Balaban J connectivity index is 0.00000144. The number of rotatable bonds is 1. The summed E-state index contributed by atoms with van der Waals surface area (Å²) in [6, 6.07) is 5.49. The number of hydrogen-bond acceptors (Lipinski definition) is 2. The van der Waals surface area contributed by atoms with Crippen molar-refractivity contribution in [2.75, 3.05) is 0 Å². The van der Waals surface area contributed by atoms with Crippen molar-refractivity contribution in [1.29, 1.82) is 5.26 Å². The van der Waals surface area contributed by atoms with Crippen molar-refractivity contribution >= 4 is 39.9 Å². The third kappa shape index (κ3) is 2.85. The van der Waals surface area contributed by atoms with Crippen LogP contribution in [0.2, 0.25) is 5.02 Å². The standard InChI is InChI=1S/C8H6BrClN2.ClH/c9-6-1-5(3-11)7(4-12)8(10)2-6;/h1-2H,3,11H2;1H. The Morgan fingerprint density at radius 3 is 2.62 bits per heavy atom. The summed E-state index contributed by atoms with van der Waals surface area (Å²) in [4.78, 5) is 0. The van der Waals surface area contributed by atoms with Crippen LogP contribution in [0.1, 0.15) is 11.1 Å². The van der Waals surface area contributed by atoms with Crippen molar-refractivity contribution in [3.05, 3.63) is 32.8 Å². The fraction of sp³-hybridized carbons (Fsp3) is 0.125. The fourth-order valence-electron chi connectivity index (χ4n) is 0.913. The quantitative estimate of drug-likeness (QED) is 0.861. The minimum absolute atomic E-state index is 0. The van der Waals surface area contributed by atoms with Crippen molar-refractivity contribution in [1.82, 2.24) is 0 Å². The molecule has 0 aromatic heterocycles. The van der Waals surface area contributed by atoms with Gasteiger partial charge < -0.3 is 5.73 Å². The maximum Gasteiger partial charge on any atom is 0.101 e. The third-order valence-corrected chi connectivity index (χ3v) is 2.22. The van der Waals surface area contributed by atoms with Crippen LogP contribution >= 0.6 is 39.9 Å². The maximum atomic E-state index is 8.72. The molecule has 2 nitrogen and oxygen atoms in total. The molecule has 0 atom stereocenters. The fourth-order valence-corrected chi connectivity index (χ4v) is 1.83. The predicted molar refractivity (Wildman–Crippen MR) is 59.0 cm³/mol. The van der Waals surface area contributed by atoms with E-state index in [4.69, 9.17) is 22.6 Å². The number of benzene rings is 1. The van der Waals surface area contributed by atoms with Crippen LogP contribution in [0.3, 0.4) is 0 Å². The van der Waals surface area contributed by atoms with Crippen molar-refractivity contribution in [2.45, 2.75) is 6.54 Å². The summed E-state index contributed by atoms with van der Waals surface area (Å²) in [7, 11) is 0. The van der Waals surface area contributed by atoms with Gasteiger partial charge >= 0.3 is 0 Å². The lowest BCUT2D eigenvalue weighted by Gasteiger charge is -2.02. The second kappa shape index (κ2) is 5.46. The summed E-state index contributed by atoms with van der Waals surface area (Å²) in [5, 5.41) is 9.15. The number of nitriles is 1. The van der Waals surface area contributed by atoms with Crippen LogP contribution in [0.4, 0.5) is 0 Å². The molecule has 0 bridgehead atoms. The Bertz CT molecular complexity index is 347. The van der Waals surface area contributed by atoms with Gasteiger partial charge in [0.25, 0.3) is 0 Å². The number of hydrogen-bond donors (Lipinski definition) is 1. The average Bonchev–Trinajstić information content (AvgIpc) is 2.03. The minimum atomic E-state index is 0. The van der Waals surface area contributed by atoms with E-state index in [1.807, 2.05) is 6.07 Å². The van der Waals surface area contributed by atoms with Crippen molar-refractivity contribution in [3.63, 3.8) is 0 Å². The largest absolute Gasteiger partial charge is 0.326 e. The third-order valence-electron chi connectivity index (χ3n) is 1.47. The monoisotopic (exact) mass is 280 g/mol. The normalized spacial score (nSPS) is 8.77. The van der Waals surface area contributed by atoms with Gasteiger partial charge in [-0.15, -0.1) is 12.4 Å². The minimum Gasteiger partial charge on any atom is -0.326 e. The van der Waals surface area contributed by atoms with Gasteiger partial charge in [0, 0.05) is 11.0 Å². The summed E-state index contributed by atoms with van der Waals surface area (Å²) in [5.74, 6) is 0. The highest BCUT2D eigenvalue weighted by Crippen LogP contribution is 2.24. The SMILES string of the molecule is Cl.N#Cc1c(Cl)cc(Br)cc1CN. The van der Waals surface area contributed by atoms with E-state index in [1.165, 1.54) is 0 Å². The lowest BCUT2D eigenvalue weighted by molar-refractivity contribution is 1.06. The Kier molecular flexibility index (Phi) is 5.34. The first-order valence-corrected chi connectivity index (χ1v) is 4.44. The molecule has 0 aliphatic heterocycles. The molecule has 5 heteroatoms. The molecular weight excluding hydrogens is 275 g/mol. The van der Waals surface area contributed by atoms with Crippen LogP contribution in [0.25, 0.3) is 0 Å². The van der Waals surface area contributed by atoms with Crippen molar-refractivity contribution in [2.24, 2.45) is 5.73 Å². The zero-order chi connectivity index (χ0) is 9.14. The van der Waals surface area contributed by atoms with Gasteiger partial charge in [-0.2, -0.15) is 5.26 Å². The van der Waals surface area contributed by atoms with Crippen LogP contribution in [0, 0.1) is 11.3 Å². The lowest BCUT2D eigenvalue weighted by Crippen LogP contribution is -1.99. The zero-order valence-electron chi connectivity index (χ0n) is 6.55. The summed E-state index contributed by atoms with van der Waals surface area (Å²) >= 11 is 9.07. The Labute approximate surface area is 96.2 Å². The number of nitrogens with zero attached hydrogens (tertiary/aromatic N) is 1. The second-order valence-electron chi connectivity index (χ2n) is 2.24. The lowest BCUT2D eigenvalue weighted by atomic mass is 10.1. The molecule has 0 spiro atoms. The van der Waals surface area contributed by atoms with Gasteiger partial charge in [0.2, 0.25) is 0 Å². The smallest absolute Gasteiger partial charge is 0.101 e. The van der Waals surface area contributed by atoms with Gasteiger partial charge in [0.05, 0.1) is 10.6 Å². The van der Waals surface area contributed by atoms with E-state index in [2.05, 4.69) is 15.9 Å². The molecular formula is C8H7BrCl2N2. The molecule has 2 N–H and O–H groups in total. The van der Waals surface area contributed by atoms with E-state index < -0.39 is 0 Å². The van der Waals surface area contributed by atoms with E-state index in [0.29, 0.717) is 17.1 Å². The molecule has 0 fully saturated rings. The highest BCUT2D eigenvalue weighted by Gasteiger charge is 2.06. The molecule has 0 unspecified atom stereocenters. The molecule has 0 heterocycles. The molecule has 0 aliphatic rings. The van der Waals surface area contributed by atoms with Gasteiger partial charge in [-0.3, -0.25) is 0 Å². The second-order valence-corrected chi connectivity index (χ2v) is 3.56. The van der Waals surface area contributed by atoms with E-state index in [1.54, 1.807) is 12.1 Å². The molecule has 70 valence electrons. The highest BCUT2D eigenvalue weighted by molar-refractivity contribution is 9.10. The van der Waals surface area contributed by atoms with Crippen LogP contribution in [0.15, 0.2) is 16.6 Å². The zero-order valence-corrected chi connectivity index (χ0v) is 9.71. The number of halogens is 3. The van der Waals surface area contributed by atoms with Crippen molar-refractivity contribution < 1.29 is 0 Å². The van der Waals surface area contributed by atoms with Crippen LogP contribution in [0.5, 0.6) is 0 Å². The molecule has 13 heavy (non-hydrogen) atoms. The number of nitrogens with two attached hydrogens (primary N) is 1. The predicted octanol–water partition coefficient (Wildman–Crippen LogP) is 2.85. The molecule has 1 aromatic carbocycles. The molecule has 0 amide bonds. The topological polar surface area (TPSA) is 49.8 Å². The Morgan fingerprint density at radius 1 is 1.54 bits per heavy atom. The first-order valence-electron chi connectivity index (χ1n) is 3.27. The van der Waals surface area contributed by atoms with Gasteiger partial charge in [-0.1, -0.05) is 27.5 Å². The average molecular weight is 282 g/mol. The van der Waals surface area contributed by atoms with E-state index >= 15 is 0 Å². The van der Waals surface area contributed by atoms with Gasteiger partial charge in [-0.25, -0.2) is 0 Å². The Hall–Kier alpha value is -0.270. The summed E-state index contributed by atoms with van der Waals surface area (Å²) in [6.45, 7) is 0.321. The van der Waals surface area contributed by atoms with Gasteiger partial charge in [0.15, 0.2) is 0 Å². The molecule has 1 rings (SSSR count). The first-order chi connectivity index (χ1) is 5.69. The highest BCUT2D eigenvalue weighted by atomic mass is 79.9. The van der Waals surface area contributed by atoms with E-state index in [-0.39, 0.29) is 12.4 Å². The van der Waals surface area contributed by atoms with Crippen LogP contribution in [-0.2, 0) is 6.54 Å². The van der Waals surface area contributed by atoms with Gasteiger partial charge in [0.1, 0.15) is 6.07 Å².